The number of nitrogens with zero attached hydrogens (tertiary/aromatic N) is 1. The van der Waals surface area contributed by atoms with E-state index in [9.17, 15) is 4.79 Å². The number of hydrogen-bond donors (Lipinski definition) is 0. The fourth-order valence-corrected chi connectivity index (χ4v) is 2.72. The molecule has 0 bridgehead atoms. The monoisotopic (exact) mass is 259 g/mol. The molecule has 0 aromatic heterocycles. The predicted molar refractivity (Wildman–Crippen MR) is 79.4 cm³/mol. The normalized spacial score (nSPS) is 16.9. The number of rotatable bonds is 7. The fourth-order valence-electron chi connectivity index (χ4n) is 2.72. The van der Waals surface area contributed by atoms with E-state index < -0.39 is 0 Å². The van der Waals surface area contributed by atoms with Crippen LogP contribution in [0.1, 0.15) is 50.4 Å². The maximum atomic E-state index is 12.7. The van der Waals surface area contributed by atoms with Crippen molar-refractivity contribution >= 4 is 5.78 Å². The quantitative estimate of drug-likeness (QED) is 0.695. The largest absolute Gasteiger partial charge is 0.292 e. The summed E-state index contributed by atoms with van der Waals surface area (Å²) in [5, 5.41) is 0. The minimum absolute atomic E-state index is 0.0531. The SMILES string of the molecule is CCC(C(=O)c1ccccc1)N(CC(C)C)C1CC1. The first-order valence-electron chi connectivity index (χ1n) is 7.48. The van der Waals surface area contributed by atoms with E-state index in [1.807, 2.05) is 30.3 Å². The Hall–Kier alpha value is -1.15. The summed E-state index contributed by atoms with van der Waals surface area (Å²) < 4.78 is 0. The van der Waals surface area contributed by atoms with Crippen molar-refractivity contribution in [2.45, 2.75) is 52.1 Å². The highest BCUT2D eigenvalue weighted by molar-refractivity contribution is 6.00. The number of carbonyl (C=O) groups is 1. The number of ketones is 1. The average Bonchev–Trinajstić information content (AvgIpc) is 3.23. The van der Waals surface area contributed by atoms with Gasteiger partial charge in [-0.05, 0) is 25.2 Å². The van der Waals surface area contributed by atoms with Gasteiger partial charge >= 0.3 is 0 Å². The molecule has 0 aliphatic heterocycles. The summed E-state index contributed by atoms with van der Waals surface area (Å²) in [4.78, 5) is 15.1. The molecule has 0 saturated heterocycles. The third kappa shape index (κ3) is 3.66. The lowest BCUT2D eigenvalue weighted by Gasteiger charge is -2.31. The molecule has 1 aromatic carbocycles. The number of benzene rings is 1. The van der Waals surface area contributed by atoms with Gasteiger partial charge in [0.25, 0.3) is 0 Å². The Balaban J connectivity index is 2.15. The van der Waals surface area contributed by atoms with Crippen LogP contribution in [0.4, 0.5) is 0 Å². The highest BCUT2D eigenvalue weighted by Crippen LogP contribution is 2.31. The molecule has 0 heterocycles. The molecule has 1 saturated carbocycles. The van der Waals surface area contributed by atoms with Crippen molar-refractivity contribution < 1.29 is 4.79 Å². The molecular formula is C17H25NO. The van der Waals surface area contributed by atoms with E-state index in [1.54, 1.807) is 0 Å². The van der Waals surface area contributed by atoms with Gasteiger partial charge in [-0.3, -0.25) is 9.69 Å². The summed E-state index contributed by atoms with van der Waals surface area (Å²) in [6, 6.07) is 10.4. The Morgan fingerprint density at radius 1 is 1.26 bits per heavy atom. The number of carbonyl (C=O) groups excluding carboxylic acids is 1. The van der Waals surface area contributed by atoms with Crippen LogP contribution in [0.3, 0.4) is 0 Å². The van der Waals surface area contributed by atoms with E-state index in [0.29, 0.717) is 12.0 Å². The second-order valence-corrected chi connectivity index (χ2v) is 5.98. The molecule has 2 nitrogen and oxygen atoms in total. The molecule has 2 rings (SSSR count). The lowest BCUT2D eigenvalue weighted by Crippen LogP contribution is -2.44. The van der Waals surface area contributed by atoms with Crippen LogP contribution < -0.4 is 0 Å². The summed E-state index contributed by atoms with van der Waals surface area (Å²) in [5.41, 5.74) is 0.851. The number of Topliss-reactive ketones (excluding diaryl/α,β-unsaturated/α-hetero) is 1. The molecule has 0 radical (unpaired) electrons. The zero-order valence-electron chi connectivity index (χ0n) is 12.3. The molecule has 19 heavy (non-hydrogen) atoms. The van der Waals surface area contributed by atoms with Gasteiger partial charge in [0.1, 0.15) is 0 Å². The van der Waals surface area contributed by atoms with E-state index in [4.69, 9.17) is 0 Å². The molecule has 2 heteroatoms. The van der Waals surface area contributed by atoms with Gasteiger partial charge in [-0.2, -0.15) is 0 Å². The second kappa shape index (κ2) is 6.33. The summed E-state index contributed by atoms with van der Waals surface area (Å²) >= 11 is 0. The Bertz CT molecular complexity index is 409. The van der Waals surface area contributed by atoms with Gasteiger partial charge in [0.15, 0.2) is 5.78 Å². The molecule has 1 aromatic rings. The van der Waals surface area contributed by atoms with Gasteiger partial charge < -0.3 is 0 Å². The molecule has 1 fully saturated rings. The maximum absolute atomic E-state index is 12.7. The van der Waals surface area contributed by atoms with Gasteiger partial charge in [-0.25, -0.2) is 0 Å². The Morgan fingerprint density at radius 2 is 1.89 bits per heavy atom. The molecule has 1 unspecified atom stereocenters. The lowest BCUT2D eigenvalue weighted by atomic mass is 9.99. The van der Waals surface area contributed by atoms with Crippen LogP contribution in [0.5, 0.6) is 0 Å². The van der Waals surface area contributed by atoms with Crippen LogP contribution in [-0.2, 0) is 0 Å². The van der Waals surface area contributed by atoms with Crippen molar-refractivity contribution in [2.24, 2.45) is 5.92 Å². The predicted octanol–water partition coefficient (Wildman–Crippen LogP) is 3.77. The second-order valence-electron chi connectivity index (χ2n) is 5.98. The molecular weight excluding hydrogens is 234 g/mol. The fraction of sp³-hybridized carbons (Fsp3) is 0.588. The van der Waals surface area contributed by atoms with Crippen LogP contribution in [0, 0.1) is 5.92 Å². The van der Waals surface area contributed by atoms with Crippen molar-refractivity contribution in [1.82, 2.24) is 4.90 Å². The van der Waals surface area contributed by atoms with Gasteiger partial charge in [-0.15, -0.1) is 0 Å². The third-order valence-electron chi connectivity index (χ3n) is 3.74. The van der Waals surface area contributed by atoms with E-state index in [1.165, 1.54) is 12.8 Å². The topological polar surface area (TPSA) is 20.3 Å². The summed E-state index contributed by atoms with van der Waals surface area (Å²) in [6.45, 7) is 7.62. The third-order valence-corrected chi connectivity index (χ3v) is 3.74. The standard InChI is InChI=1S/C17H25NO/c1-4-16(17(19)14-8-6-5-7-9-14)18(12-13(2)3)15-10-11-15/h5-9,13,15-16H,4,10-12H2,1-3H3. The lowest BCUT2D eigenvalue weighted by molar-refractivity contribution is 0.0775. The van der Waals surface area contributed by atoms with E-state index in [2.05, 4.69) is 25.7 Å². The molecule has 1 aliphatic carbocycles. The number of hydrogen-bond acceptors (Lipinski definition) is 2. The minimum Gasteiger partial charge on any atom is -0.292 e. The molecule has 0 N–H and O–H groups in total. The highest BCUT2D eigenvalue weighted by atomic mass is 16.1. The van der Waals surface area contributed by atoms with Crippen molar-refractivity contribution in [2.75, 3.05) is 6.54 Å². The van der Waals surface area contributed by atoms with Gasteiger partial charge in [-0.1, -0.05) is 51.1 Å². The van der Waals surface area contributed by atoms with Crippen LogP contribution in [0.15, 0.2) is 30.3 Å². The first-order valence-corrected chi connectivity index (χ1v) is 7.48. The molecule has 1 aliphatic rings. The van der Waals surface area contributed by atoms with Crippen LogP contribution in [-0.4, -0.2) is 29.3 Å². The molecule has 1 atom stereocenters. The first kappa shape index (κ1) is 14.3. The Labute approximate surface area is 116 Å². The minimum atomic E-state index is 0.0531. The zero-order chi connectivity index (χ0) is 13.8. The van der Waals surface area contributed by atoms with Gasteiger partial charge in [0, 0.05) is 18.2 Å². The smallest absolute Gasteiger partial charge is 0.179 e. The molecule has 0 spiro atoms. The van der Waals surface area contributed by atoms with Crippen LogP contribution >= 0.6 is 0 Å². The van der Waals surface area contributed by atoms with Crippen molar-refractivity contribution in [3.63, 3.8) is 0 Å². The Kier molecular flexibility index (Phi) is 4.76. The summed E-state index contributed by atoms with van der Waals surface area (Å²) in [7, 11) is 0. The summed E-state index contributed by atoms with van der Waals surface area (Å²) in [5.74, 6) is 0.897. The van der Waals surface area contributed by atoms with Gasteiger partial charge in [0.2, 0.25) is 0 Å². The van der Waals surface area contributed by atoms with Gasteiger partial charge in [0.05, 0.1) is 6.04 Å². The van der Waals surface area contributed by atoms with Crippen LogP contribution in [0.25, 0.3) is 0 Å². The summed E-state index contributed by atoms with van der Waals surface area (Å²) in [6.07, 6.45) is 3.41. The molecule has 0 amide bonds. The van der Waals surface area contributed by atoms with Crippen molar-refractivity contribution in [3.05, 3.63) is 35.9 Å². The van der Waals surface area contributed by atoms with E-state index in [0.717, 1.165) is 18.5 Å². The van der Waals surface area contributed by atoms with E-state index >= 15 is 0 Å². The van der Waals surface area contributed by atoms with Crippen LogP contribution in [0.2, 0.25) is 0 Å². The zero-order valence-corrected chi connectivity index (χ0v) is 12.3. The Morgan fingerprint density at radius 3 is 2.37 bits per heavy atom. The molecule has 104 valence electrons. The van der Waals surface area contributed by atoms with Crippen molar-refractivity contribution in [1.29, 1.82) is 0 Å². The average molecular weight is 259 g/mol. The van der Waals surface area contributed by atoms with Crippen molar-refractivity contribution in [3.8, 4) is 0 Å². The van der Waals surface area contributed by atoms with E-state index in [-0.39, 0.29) is 11.8 Å². The first-order chi connectivity index (χ1) is 9.13. The maximum Gasteiger partial charge on any atom is 0.179 e. The highest BCUT2D eigenvalue weighted by Gasteiger charge is 2.36.